The third-order valence-corrected chi connectivity index (χ3v) is 4.97. The van der Waals surface area contributed by atoms with Gasteiger partial charge in [-0.25, -0.2) is 0 Å². The molecule has 0 spiro atoms. The van der Waals surface area contributed by atoms with Gasteiger partial charge in [0.2, 0.25) is 0 Å². The molecule has 29 heavy (non-hydrogen) atoms. The second-order valence-corrected chi connectivity index (χ2v) is 7.24. The summed E-state index contributed by atoms with van der Waals surface area (Å²) in [7, 11) is 0. The number of ketones is 1. The summed E-state index contributed by atoms with van der Waals surface area (Å²) in [6.45, 7) is 2.71. The molecule has 3 aromatic heterocycles. The summed E-state index contributed by atoms with van der Waals surface area (Å²) < 4.78 is 0. The van der Waals surface area contributed by atoms with Crippen LogP contribution in [0.5, 0.6) is 0 Å². The van der Waals surface area contributed by atoms with Gasteiger partial charge in [0.15, 0.2) is 5.82 Å². The maximum atomic E-state index is 12.5. The highest BCUT2D eigenvalue weighted by Crippen LogP contribution is 2.22. The summed E-state index contributed by atoms with van der Waals surface area (Å²) in [4.78, 5) is 21.1. The van der Waals surface area contributed by atoms with Gasteiger partial charge in [0.1, 0.15) is 5.78 Å². The van der Waals surface area contributed by atoms with Crippen LogP contribution in [0.4, 0.5) is 5.82 Å². The molecule has 2 N–H and O–H groups in total. The number of Topliss-reactive ketones (excluding diaryl/α,β-unsaturated/α-hetero) is 1. The lowest BCUT2D eigenvalue weighted by Crippen LogP contribution is -2.08. The number of aromatic nitrogens is 4. The monoisotopic (exact) mass is 385 g/mol. The molecular weight excluding hydrogens is 362 g/mol. The van der Waals surface area contributed by atoms with Crippen LogP contribution in [0.15, 0.2) is 67.1 Å². The van der Waals surface area contributed by atoms with Crippen LogP contribution in [0, 0.1) is 0 Å². The highest BCUT2D eigenvalue weighted by molar-refractivity contribution is 5.90. The smallest absolute Gasteiger partial charge is 0.157 e. The second kappa shape index (κ2) is 8.65. The summed E-state index contributed by atoms with van der Waals surface area (Å²) >= 11 is 0. The quantitative estimate of drug-likeness (QED) is 0.473. The van der Waals surface area contributed by atoms with Crippen molar-refractivity contribution in [3.8, 4) is 0 Å². The van der Waals surface area contributed by atoms with Crippen molar-refractivity contribution in [2.24, 2.45) is 0 Å². The summed E-state index contributed by atoms with van der Waals surface area (Å²) in [6.07, 6.45) is 6.17. The van der Waals surface area contributed by atoms with Crippen molar-refractivity contribution in [3.63, 3.8) is 0 Å². The summed E-state index contributed by atoms with van der Waals surface area (Å²) in [5, 5.41) is 11.6. The van der Waals surface area contributed by atoms with Crippen molar-refractivity contribution in [3.05, 3.63) is 83.9 Å². The van der Waals surface area contributed by atoms with Gasteiger partial charge < -0.3 is 5.32 Å². The fourth-order valence-electron chi connectivity index (χ4n) is 3.39. The molecular formula is C23H23N5O. The van der Waals surface area contributed by atoms with Gasteiger partial charge in [0.25, 0.3) is 0 Å². The highest BCUT2D eigenvalue weighted by atomic mass is 16.1. The zero-order chi connectivity index (χ0) is 20.1. The minimum atomic E-state index is 0.183. The maximum Gasteiger partial charge on any atom is 0.157 e. The van der Waals surface area contributed by atoms with Crippen molar-refractivity contribution in [1.29, 1.82) is 0 Å². The fourth-order valence-corrected chi connectivity index (χ4v) is 3.39. The summed E-state index contributed by atoms with van der Waals surface area (Å²) in [6, 6.07) is 15.9. The Hall–Kier alpha value is -3.54. The van der Waals surface area contributed by atoms with Crippen LogP contribution in [0.25, 0.3) is 10.9 Å². The summed E-state index contributed by atoms with van der Waals surface area (Å²) in [5.74, 6) is 1.12. The van der Waals surface area contributed by atoms with Crippen molar-refractivity contribution < 1.29 is 4.79 Å². The molecule has 0 unspecified atom stereocenters. The van der Waals surface area contributed by atoms with E-state index in [9.17, 15) is 4.79 Å². The molecule has 0 aliphatic rings. The first-order chi connectivity index (χ1) is 14.2. The number of pyridine rings is 2. The third kappa shape index (κ3) is 4.66. The van der Waals surface area contributed by atoms with E-state index in [4.69, 9.17) is 0 Å². The number of anilines is 1. The Morgan fingerprint density at radius 1 is 1.14 bits per heavy atom. The van der Waals surface area contributed by atoms with Crippen LogP contribution in [0.2, 0.25) is 0 Å². The first-order valence-electron chi connectivity index (χ1n) is 9.71. The lowest BCUT2D eigenvalue weighted by Gasteiger charge is -2.10. The number of nitrogens with zero attached hydrogens (tertiary/aromatic N) is 3. The van der Waals surface area contributed by atoms with Crippen LogP contribution in [-0.4, -0.2) is 25.9 Å². The molecule has 6 nitrogen and oxygen atoms in total. The SMILES string of the molecule is C[C@@H](CC(=O)Cc1cc2[nH]nc(NCc3cccnc3)c2cn1)c1ccccc1. The maximum absolute atomic E-state index is 12.5. The van der Waals surface area contributed by atoms with E-state index in [1.165, 1.54) is 5.56 Å². The predicted octanol–water partition coefficient (Wildman–Crippen LogP) is 4.27. The standard InChI is InChI=1S/C23H23N5O/c1-16(18-7-3-2-4-8-18)10-20(29)11-19-12-22-21(15-25-19)23(28-27-22)26-14-17-6-5-9-24-13-17/h2-9,12-13,15-16H,10-11,14H2,1H3,(H2,26,27,28)/t16-/m0/s1. The van der Waals surface area contributed by atoms with E-state index in [1.807, 2.05) is 42.6 Å². The Bertz CT molecular complexity index is 1090. The molecule has 4 aromatic rings. The minimum absolute atomic E-state index is 0.183. The molecule has 0 saturated carbocycles. The van der Waals surface area contributed by atoms with Gasteiger partial charge in [-0.05, 0) is 29.2 Å². The van der Waals surface area contributed by atoms with Crippen molar-refractivity contribution in [2.75, 3.05) is 5.32 Å². The Morgan fingerprint density at radius 2 is 2.00 bits per heavy atom. The first-order valence-corrected chi connectivity index (χ1v) is 9.71. The van der Waals surface area contributed by atoms with E-state index in [0.717, 1.165) is 28.0 Å². The van der Waals surface area contributed by atoms with Gasteiger partial charge in [0.05, 0.1) is 10.9 Å². The van der Waals surface area contributed by atoms with Crippen molar-refractivity contribution >= 4 is 22.5 Å². The largest absolute Gasteiger partial charge is 0.364 e. The van der Waals surface area contributed by atoms with E-state index in [2.05, 4.69) is 44.5 Å². The van der Waals surface area contributed by atoms with Crippen LogP contribution in [-0.2, 0) is 17.8 Å². The molecule has 6 heteroatoms. The van der Waals surface area contributed by atoms with E-state index >= 15 is 0 Å². The molecule has 0 bridgehead atoms. The van der Waals surface area contributed by atoms with E-state index in [1.54, 1.807) is 12.4 Å². The van der Waals surface area contributed by atoms with Gasteiger partial charge in [-0.15, -0.1) is 0 Å². The third-order valence-electron chi connectivity index (χ3n) is 4.97. The van der Waals surface area contributed by atoms with Gasteiger partial charge in [-0.3, -0.25) is 19.9 Å². The zero-order valence-electron chi connectivity index (χ0n) is 16.3. The average Bonchev–Trinajstić information content (AvgIpc) is 3.15. The van der Waals surface area contributed by atoms with Crippen LogP contribution in [0.3, 0.4) is 0 Å². The fraction of sp³-hybridized carbons (Fsp3) is 0.217. The number of hydrogen-bond donors (Lipinski definition) is 2. The van der Waals surface area contributed by atoms with Crippen molar-refractivity contribution in [2.45, 2.75) is 32.2 Å². The molecule has 0 amide bonds. The van der Waals surface area contributed by atoms with Gasteiger partial charge >= 0.3 is 0 Å². The molecule has 1 aromatic carbocycles. The summed E-state index contributed by atoms with van der Waals surface area (Å²) in [5.41, 5.74) is 3.88. The number of aromatic amines is 1. The first kappa shape index (κ1) is 18.8. The van der Waals surface area contributed by atoms with Crippen LogP contribution in [0.1, 0.15) is 36.1 Å². The molecule has 0 aliphatic heterocycles. The Labute approximate surface area is 169 Å². The molecule has 0 saturated heterocycles. The van der Waals surface area contributed by atoms with Crippen LogP contribution >= 0.6 is 0 Å². The molecule has 0 aliphatic carbocycles. The molecule has 4 rings (SSSR count). The van der Waals surface area contributed by atoms with E-state index in [-0.39, 0.29) is 11.7 Å². The zero-order valence-corrected chi connectivity index (χ0v) is 16.3. The Balaban J connectivity index is 1.39. The lowest BCUT2D eigenvalue weighted by atomic mass is 9.94. The molecule has 3 heterocycles. The van der Waals surface area contributed by atoms with Gasteiger partial charge in [-0.2, -0.15) is 5.10 Å². The highest BCUT2D eigenvalue weighted by Gasteiger charge is 2.14. The molecule has 0 fully saturated rings. The Kier molecular flexibility index (Phi) is 5.61. The number of fused-ring (bicyclic) bond motifs is 1. The number of hydrogen-bond acceptors (Lipinski definition) is 5. The van der Waals surface area contributed by atoms with Gasteiger partial charge in [0, 0.05) is 43.7 Å². The van der Waals surface area contributed by atoms with E-state index in [0.29, 0.717) is 19.4 Å². The molecule has 146 valence electrons. The van der Waals surface area contributed by atoms with Crippen LogP contribution < -0.4 is 5.32 Å². The predicted molar refractivity (Wildman–Crippen MR) is 114 cm³/mol. The number of carbonyl (C=O) groups excluding carboxylic acids is 1. The average molecular weight is 385 g/mol. The molecule has 1 atom stereocenters. The lowest BCUT2D eigenvalue weighted by molar-refractivity contribution is -0.118. The number of H-pyrrole nitrogens is 1. The number of rotatable bonds is 8. The molecule has 0 radical (unpaired) electrons. The normalized spacial score (nSPS) is 12.0. The topological polar surface area (TPSA) is 83.6 Å². The van der Waals surface area contributed by atoms with E-state index < -0.39 is 0 Å². The second-order valence-electron chi connectivity index (χ2n) is 7.24. The van der Waals surface area contributed by atoms with Crippen molar-refractivity contribution in [1.82, 2.24) is 20.2 Å². The Morgan fingerprint density at radius 3 is 2.79 bits per heavy atom. The number of carbonyl (C=O) groups is 1. The van der Waals surface area contributed by atoms with Gasteiger partial charge in [-0.1, -0.05) is 43.3 Å². The number of nitrogens with one attached hydrogen (secondary N) is 2. The number of benzene rings is 1. The minimum Gasteiger partial charge on any atom is -0.364 e.